The molecule has 2 aliphatic rings. The molecule has 0 atom stereocenters. The van der Waals surface area contributed by atoms with Gasteiger partial charge in [0, 0.05) is 81.1 Å². The maximum atomic E-state index is 13.4. The fourth-order valence-electron chi connectivity index (χ4n) is 5.53. The van der Waals surface area contributed by atoms with Crippen molar-refractivity contribution in [1.82, 2.24) is 24.3 Å². The second-order valence-electron chi connectivity index (χ2n) is 10.5. The fourth-order valence-corrected chi connectivity index (χ4v) is 5.53. The average Bonchev–Trinajstić information content (AvgIpc) is 3.17. The third kappa shape index (κ3) is 4.93. The van der Waals surface area contributed by atoms with Crippen LogP contribution in [0, 0.1) is 0 Å². The average molecular weight is 475 g/mol. The van der Waals surface area contributed by atoms with Crippen LogP contribution >= 0.6 is 0 Å². The summed E-state index contributed by atoms with van der Waals surface area (Å²) in [5, 5.41) is 1.30. The maximum absolute atomic E-state index is 13.4. The first kappa shape index (κ1) is 23.8. The van der Waals surface area contributed by atoms with E-state index in [2.05, 4.69) is 88.6 Å². The van der Waals surface area contributed by atoms with Crippen molar-refractivity contribution in [1.29, 1.82) is 0 Å². The molecule has 0 aliphatic carbocycles. The number of para-hydroxylation sites is 1. The Bertz CT molecular complexity index is 1170. The number of carbonyl (C=O) groups excluding carboxylic acids is 1. The summed E-state index contributed by atoms with van der Waals surface area (Å²) in [4.78, 5) is 27.1. The topological polar surface area (TPSA) is 47.9 Å². The van der Waals surface area contributed by atoms with Crippen LogP contribution in [0.2, 0.25) is 0 Å². The quantitative estimate of drug-likeness (QED) is 0.549. The normalized spacial score (nSPS) is 17.0. The fraction of sp³-hybridized carbons (Fsp3) is 0.500. The zero-order valence-corrected chi connectivity index (χ0v) is 21.6. The lowest BCUT2D eigenvalue weighted by atomic mass is 10.0. The summed E-state index contributed by atoms with van der Waals surface area (Å²) in [7, 11) is 4.13. The zero-order chi connectivity index (χ0) is 24.5. The van der Waals surface area contributed by atoms with Gasteiger partial charge in [0.1, 0.15) is 12.4 Å². The molecule has 0 radical (unpaired) electrons. The van der Waals surface area contributed by atoms with E-state index in [0.717, 1.165) is 58.1 Å². The molecule has 1 aromatic carbocycles. The number of anilines is 1. The smallest absolute Gasteiger partial charge is 0.242 e. The molecule has 2 aromatic heterocycles. The van der Waals surface area contributed by atoms with Crippen LogP contribution in [0.25, 0.3) is 10.9 Å². The number of nitrogens with zero attached hydrogens (tertiary/aromatic N) is 6. The Morgan fingerprint density at radius 1 is 1.03 bits per heavy atom. The molecule has 4 heterocycles. The number of hydrogen-bond acceptors (Lipinski definition) is 5. The predicted octanol–water partition coefficient (Wildman–Crippen LogP) is 3.21. The van der Waals surface area contributed by atoms with E-state index in [1.165, 1.54) is 27.7 Å². The Labute approximate surface area is 208 Å². The minimum Gasteiger partial charge on any atom is -0.353 e. The van der Waals surface area contributed by atoms with Crippen molar-refractivity contribution in [2.24, 2.45) is 0 Å². The van der Waals surface area contributed by atoms with E-state index in [4.69, 9.17) is 0 Å². The molecular formula is C28H38N6O. The Hall–Kier alpha value is -2.90. The van der Waals surface area contributed by atoms with Crippen LogP contribution < -0.4 is 4.90 Å². The highest BCUT2D eigenvalue weighted by Gasteiger charge is 2.28. The van der Waals surface area contributed by atoms with Crippen molar-refractivity contribution in [2.75, 3.05) is 51.7 Å². The minimum atomic E-state index is 0.216. The van der Waals surface area contributed by atoms with Crippen LogP contribution in [0.3, 0.4) is 0 Å². The van der Waals surface area contributed by atoms with Gasteiger partial charge in [-0.25, -0.2) is 4.98 Å². The predicted molar refractivity (Wildman–Crippen MR) is 142 cm³/mol. The van der Waals surface area contributed by atoms with Crippen molar-refractivity contribution in [2.45, 2.75) is 45.9 Å². The van der Waals surface area contributed by atoms with Gasteiger partial charge in [0.2, 0.25) is 5.91 Å². The number of rotatable bonds is 6. The summed E-state index contributed by atoms with van der Waals surface area (Å²) < 4.78 is 2.29. The van der Waals surface area contributed by atoms with Gasteiger partial charge >= 0.3 is 0 Å². The van der Waals surface area contributed by atoms with E-state index in [9.17, 15) is 4.79 Å². The monoisotopic (exact) mass is 474 g/mol. The van der Waals surface area contributed by atoms with E-state index in [-0.39, 0.29) is 5.91 Å². The van der Waals surface area contributed by atoms with Gasteiger partial charge < -0.3 is 19.3 Å². The molecule has 5 rings (SSSR count). The van der Waals surface area contributed by atoms with Gasteiger partial charge in [-0.15, -0.1) is 0 Å². The highest BCUT2D eigenvalue weighted by atomic mass is 16.2. The molecule has 0 N–H and O–H groups in total. The van der Waals surface area contributed by atoms with E-state index < -0.39 is 0 Å². The van der Waals surface area contributed by atoms with E-state index in [1.54, 1.807) is 0 Å². The summed E-state index contributed by atoms with van der Waals surface area (Å²) >= 11 is 0. The molecule has 0 unspecified atom stereocenters. The number of benzene rings is 1. The largest absolute Gasteiger partial charge is 0.353 e. The molecule has 1 amide bonds. The van der Waals surface area contributed by atoms with Crippen LogP contribution in [0.15, 0.2) is 42.6 Å². The number of aromatic nitrogens is 2. The summed E-state index contributed by atoms with van der Waals surface area (Å²) in [6, 6.07) is 13.4. The van der Waals surface area contributed by atoms with Crippen LogP contribution in [0.1, 0.15) is 30.7 Å². The van der Waals surface area contributed by atoms with E-state index in [1.807, 2.05) is 11.1 Å². The molecule has 2 aliphatic heterocycles. The number of fused-ring (bicyclic) bond motifs is 3. The molecule has 1 fully saturated rings. The molecule has 1 saturated heterocycles. The van der Waals surface area contributed by atoms with Gasteiger partial charge in [0.05, 0.1) is 0 Å². The summed E-state index contributed by atoms with van der Waals surface area (Å²) in [6.45, 7) is 11.0. The highest BCUT2D eigenvalue weighted by molar-refractivity contribution is 5.88. The molecule has 0 bridgehead atoms. The van der Waals surface area contributed by atoms with Crippen molar-refractivity contribution in [3.05, 3.63) is 59.4 Å². The Kier molecular flexibility index (Phi) is 6.80. The third-order valence-corrected chi connectivity index (χ3v) is 7.48. The van der Waals surface area contributed by atoms with Crippen molar-refractivity contribution >= 4 is 22.6 Å². The number of piperazine rings is 1. The molecular weight excluding hydrogens is 436 g/mol. The Morgan fingerprint density at radius 2 is 1.80 bits per heavy atom. The van der Waals surface area contributed by atoms with Crippen molar-refractivity contribution in [3.63, 3.8) is 0 Å². The van der Waals surface area contributed by atoms with Gasteiger partial charge in [-0.2, -0.15) is 0 Å². The summed E-state index contributed by atoms with van der Waals surface area (Å²) in [5.41, 5.74) is 5.16. The number of pyridine rings is 1. The first-order chi connectivity index (χ1) is 16.9. The number of carbonyl (C=O) groups is 1. The number of hydrogen-bond donors (Lipinski definition) is 0. The lowest BCUT2D eigenvalue weighted by molar-refractivity contribution is -0.132. The molecule has 0 spiro atoms. The maximum Gasteiger partial charge on any atom is 0.242 e. The van der Waals surface area contributed by atoms with Gasteiger partial charge in [0.15, 0.2) is 0 Å². The lowest BCUT2D eigenvalue weighted by Gasteiger charge is -2.36. The molecule has 35 heavy (non-hydrogen) atoms. The van der Waals surface area contributed by atoms with Crippen LogP contribution in [-0.4, -0.2) is 83.0 Å². The minimum absolute atomic E-state index is 0.216. The summed E-state index contributed by atoms with van der Waals surface area (Å²) in [6.07, 6.45) is 2.96. The zero-order valence-electron chi connectivity index (χ0n) is 21.6. The second-order valence-corrected chi connectivity index (χ2v) is 10.5. The van der Waals surface area contributed by atoms with Crippen LogP contribution in [0.4, 0.5) is 5.82 Å². The van der Waals surface area contributed by atoms with Crippen molar-refractivity contribution in [3.8, 4) is 0 Å². The van der Waals surface area contributed by atoms with Gasteiger partial charge in [-0.05, 0) is 51.2 Å². The molecule has 186 valence electrons. The first-order valence-electron chi connectivity index (χ1n) is 12.9. The Morgan fingerprint density at radius 3 is 2.49 bits per heavy atom. The van der Waals surface area contributed by atoms with Gasteiger partial charge in [0.25, 0.3) is 0 Å². The van der Waals surface area contributed by atoms with E-state index in [0.29, 0.717) is 12.6 Å². The highest BCUT2D eigenvalue weighted by Crippen LogP contribution is 2.31. The first-order valence-corrected chi connectivity index (χ1v) is 12.9. The van der Waals surface area contributed by atoms with Gasteiger partial charge in [-0.3, -0.25) is 9.69 Å². The number of amides is 1. The molecule has 0 saturated carbocycles. The molecule has 7 nitrogen and oxygen atoms in total. The van der Waals surface area contributed by atoms with Crippen LogP contribution in [-0.2, 0) is 30.8 Å². The second kappa shape index (κ2) is 9.99. The molecule has 3 aromatic rings. The third-order valence-electron chi connectivity index (χ3n) is 7.48. The summed E-state index contributed by atoms with van der Waals surface area (Å²) in [5.74, 6) is 1.22. The molecule has 7 heteroatoms. The van der Waals surface area contributed by atoms with Crippen molar-refractivity contribution < 1.29 is 4.79 Å². The SMILES string of the molecule is CC(C)N1CCc2c(c3ccccc3n2CC(=O)N2CCN(c3ccc(CN(C)C)cn3)CC2)C1. The van der Waals surface area contributed by atoms with Gasteiger partial charge in [-0.1, -0.05) is 24.3 Å². The van der Waals surface area contributed by atoms with E-state index >= 15 is 0 Å². The lowest BCUT2D eigenvalue weighted by Crippen LogP contribution is -2.50. The Balaban J connectivity index is 1.26. The van der Waals surface area contributed by atoms with Crippen LogP contribution in [0.5, 0.6) is 0 Å². The standard InChI is InChI=1S/C28H38N6O/c1-21(2)33-12-11-26-24(19-33)23-7-5-6-8-25(23)34(26)20-28(35)32-15-13-31(14-16-32)27-10-9-22(17-29-27)18-30(3)4/h5-10,17,21H,11-16,18-20H2,1-4H3.